The molecule has 0 aromatic carbocycles. The molecule has 0 saturated carbocycles. The van der Waals surface area contributed by atoms with Crippen LogP contribution in [0.1, 0.15) is 85.0 Å². The van der Waals surface area contributed by atoms with E-state index in [-0.39, 0.29) is 31.7 Å². The molecule has 0 aliphatic carbocycles. The Labute approximate surface area is 371 Å². The van der Waals surface area contributed by atoms with E-state index in [2.05, 4.69) is 37.2 Å². The first-order valence-electron chi connectivity index (χ1n) is 20.5. The van der Waals surface area contributed by atoms with Crippen molar-refractivity contribution in [3.8, 4) is 0 Å². The number of nitrogens with zero attached hydrogens (tertiary/aromatic N) is 1. The third kappa shape index (κ3) is 20.5. The monoisotopic (exact) mass is 929 g/mol. The number of carbonyl (C=O) groups excluding carboxylic acids is 9. The molecule has 364 valence electrons. The molecule has 0 radical (unpaired) electrons. The van der Waals surface area contributed by atoms with Crippen molar-refractivity contribution in [3.05, 3.63) is 0 Å². The number of carbonyl (C=O) groups is 13. The number of amides is 8. The standard InChI is InChI=1S/C38H59N9O18/c1-18(2)13-20(16-48)41-33(60)22(7-10-29(53)54)43-35(62)23(8-11-30(55)56)44-37(64)26-5-4-12-47(26)38(65)25(17-49)46-32(59)19(3)40-36(63)24(14-31(57)58)45-34(61)21(6-9-28(51)52)42-27(50)15-39/h16,18-26,49H,4-15,17,39H2,1-3H3,(H,40,63)(H,41,60)(H,42,50)(H,43,62)(H,44,64)(H,45,61)(H,46,59)(H,51,52)(H,53,54)(H,55,56)(H,57,58)/t19-,20-,21-,22-,23-,24?,25?,26?/m0/s1. The summed E-state index contributed by atoms with van der Waals surface area (Å²) in [6.07, 6.45) is -3.51. The van der Waals surface area contributed by atoms with E-state index in [4.69, 9.17) is 10.8 Å². The van der Waals surface area contributed by atoms with Crippen molar-refractivity contribution in [3.63, 3.8) is 0 Å². The first kappa shape index (κ1) is 56.2. The van der Waals surface area contributed by atoms with Crippen LogP contribution >= 0.6 is 0 Å². The van der Waals surface area contributed by atoms with Crippen molar-refractivity contribution in [1.29, 1.82) is 0 Å². The van der Waals surface area contributed by atoms with Crippen molar-refractivity contribution < 1.29 is 87.9 Å². The predicted octanol–water partition coefficient (Wildman–Crippen LogP) is -5.34. The summed E-state index contributed by atoms with van der Waals surface area (Å²) >= 11 is 0. The molecule has 27 nitrogen and oxygen atoms in total. The fourth-order valence-corrected chi connectivity index (χ4v) is 6.36. The van der Waals surface area contributed by atoms with E-state index in [0.717, 1.165) is 11.8 Å². The van der Waals surface area contributed by atoms with Gasteiger partial charge in [-0.3, -0.25) is 57.5 Å². The minimum absolute atomic E-state index is 0.0142. The molecule has 1 aliphatic heterocycles. The number of aldehydes is 1. The Balaban J connectivity index is 3.18. The molecular weight excluding hydrogens is 870 g/mol. The maximum atomic E-state index is 13.7. The van der Waals surface area contributed by atoms with Crippen LogP contribution in [0.3, 0.4) is 0 Å². The summed E-state index contributed by atoms with van der Waals surface area (Å²) < 4.78 is 0. The van der Waals surface area contributed by atoms with E-state index in [1.165, 1.54) is 0 Å². The molecule has 0 spiro atoms. The van der Waals surface area contributed by atoms with Crippen LogP contribution in [-0.2, 0) is 62.3 Å². The molecule has 8 atom stereocenters. The van der Waals surface area contributed by atoms with Crippen molar-refractivity contribution >= 4 is 77.4 Å². The van der Waals surface area contributed by atoms with Crippen LogP contribution in [0.2, 0.25) is 0 Å². The highest BCUT2D eigenvalue weighted by Crippen LogP contribution is 2.19. The Morgan fingerprint density at radius 1 is 0.615 bits per heavy atom. The van der Waals surface area contributed by atoms with Gasteiger partial charge in [0.05, 0.1) is 25.6 Å². The van der Waals surface area contributed by atoms with E-state index in [1.807, 2.05) is 0 Å². The Bertz CT molecular complexity index is 1780. The summed E-state index contributed by atoms with van der Waals surface area (Å²) in [7, 11) is 0. The molecule has 0 bridgehead atoms. The molecule has 8 amide bonds. The van der Waals surface area contributed by atoms with Crippen LogP contribution in [-0.4, -0.2) is 176 Å². The van der Waals surface area contributed by atoms with E-state index < -0.39 is 178 Å². The summed E-state index contributed by atoms with van der Waals surface area (Å²) in [6, 6.07) is -12.3. The zero-order valence-electron chi connectivity index (χ0n) is 36.0. The fourth-order valence-electron chi connectivity index (χ4n) is 6.36. The molecular formula is C38H59N9O18. The lowest BCUT2D eigenvalue weighted by molar-refractivity contribution is -0.144. The first-order chi connectivity index (χ1) is 30.4. The maximum absolute atomic E-state index is 13.7. The molecule has 1 saturated heterocycles. The number of hydrogen-bond acceptors (Lipinski definition) is 15. The minimum Gasteiger partial charge on any atom is -0.481 e. The third-order valence-corrected chi connectivity index (χ3v) is 9.66. The van der Waals surface area contributed by atoms with Gasteiger partial charge in [-0.25, -0.2) is 0 Å². The smallest absolute Gasteiger partial charge is 0.305 e. The number of nitrogens with one attached hydrogen (secondary N) is 7. The fraction of sp³-hybridized carbons (Fsp3) is 0.658. The van der Waals surface area contributed by atoms with Gasteiger partial charge in [0.2, 0.25) is 47.3 Å². The van der Waals surface area contributed by atoms with Gasteiger partial charge in [0, 0.05) is 25.8 Å². The zero-order chi connectivity index (χ0) is 49.6. The predicted molar refractivity (Wildman–Crippen MR) is 218 cm³/mol. The van der Waals surface area contributed by atoms with E-state index in [0.29, 0.717) is 6.29 Å². The highest BCUT2D eigenvalue weighted by molar-refractivity contribution is 5.98. The lowest BCUT2D eigenvalue weighted by Gasteiger charge is -2.30. The zero-order valence-corrected chi connectivity index (χ0v) is 36.0. The topological polar surface area (TPSA) is 437 Å². The van der Waals surface area contributed by atoms with Gasteiger partial charge in [-0.1, -0.05) is 13.8 Å². The van der Waals surface area contributed by atoms with Gasteiger partial charge in [-0.05, 0) is 51.4 Å². The number of nitrogens with two attached hydrogens (primary N) is 1. The molecule has 3 unspecified atom stereocenters. The molecule has 27 heteroatoms. The molecule has 1 rings (SSSR count). The van der Waals surface area contributed by atoms with Crippen molar-refractivity contribution in [2.24, 2.45) is 11.7 Å². The van der Waals surface area contributed by atoms with Gasteiger partial charge >= 0.3 is 23.9 Å². The second-order valence-electron chi connectivity index (χ2n) is 15.4. The van der Waals surface area contributed by atoms with Crippen LogP contribution < -0.4 is 43.0 Å². The SMILES string of the molecule is CC(C)C[C@@H](C=O)NC(=O)[C@H](CCC(=O)O)NC(=O)[C@H](CCC(=O)O)NC(=O)C1CCCN1C(=O)C(CO)NC(=O)[C@H](C)NC(=O)C(CC(=O)O)NC(=O)[C@H](CCC(=O)O)NC(=O)CN. The lowest BCUT2D eigenvalue weighted by Crippen LogP contribution is -2.60. The second-order valence-corrected chi connectivity index (χ2v) is 15.4. The van der Waals surface area contributed by atoms with Crippen LogP contribution in [0.25, 0.3) is 0 Å². The number of carboxylic acids is 4. The molecule has 65 heavy (non-hydrogen) atoms. The Hall–Kier alpha value is -6.77. The highest BCUT2D eigenvalue weighted by atomic mass is 16.4. The number of rotatable bonds is 30. The normalized spacial score (nSPS) is 16.5. The largest absolute Gasteiger partial charge is 0.481 e. The minimum atomic E-state index is -1.88. The van der Waals surface area contributed by atoms with Crippen molar-refractivity contribution in [2.45, 2.75) is 133 Å². The molecule has 14 N–H and O–H groups in total. The summed E-state index contributed by atoms with van der Waals surface area (Å²) in [5.74, 6) is -14.0. The van der Waals surface area contributed by atoms with Crippen LogP contribution in [0.5, 0.6) is 0 Å². The van der Waals surface area contributed by atoms with Crippen LogP contribution in [0.4, 0.5) is 0 Å². The van der Waals surface area contributed by atoms with E-state index >= 15 is 0 Å². The van der Waals surface area contributed by atoms with E-state index in [1.54, 1.807) is 13.8 Å². The van der Waals surface area contributed by atoms with Crippen LogP contribution in [0.15, 0.2) is 0 Å². The number of hydrogen-bond donors (Lipinski definition) is 13. The molecule has 0 aromatic rings. The summed E-state index contributed by atoms with van der Waals surface area (Å²) in [6.45, 7) is 2.91. The third-order valence-electron chi connectivity index (χ3n) is 9.66. The van der Waals surface area contributed by atoms with Gasteiger partial charge in [0.1, 0.15) is 48.6 Å². The van der Waals surface area contributed by atoms with Gasteiger partial charge in [0.25, 0.3) is 0 Å². The Kier molecular flexibility index (Phi) is 24.3. The number of aliphatic hydroxyl groups excluding tert-OH is 1. The molecule has 1 aliphatic rings. The Morgan fingerprint density at radius 2 is 1.08 bits per heavy atom. The van der Waals surface area contributed by atoms with Gasteiger partial charge in [0.15, 0.2) is 0 Å². The lowest BCUT2D eigenvalue weighted by atomic mass is 10.0. The molecule has 1 fully saturated rings. The number of aliphatic carboxylic acids is 4. The average Bonchev–Trinajstić information content (AvgIpc) is 3.73. The summed E-state index contributed by atoms with van der Waals surface area (Å²) in [4.78, 5) is 163. The van der Waals surface area contributed by atoms with Crippen molar-refractivity contribution in [2.75, 3.05) is 19.7 Å². The van der Waals surface area contributed by atoms with Gasteiger partial charge < -0.3 is 78.2 Å². The highest BCUT2D eigenvalue weighted by Gasteiger charge is 2.40. The maximum Gasteiger partial charge on any atom is 0.305 e. The van der Waals surface area contributed by atoms with Crippen molar-refractivity contribution in [1.82, 2.24) is 42.1 Å². The number of likely N-dealkylation sites (tertiary alicyclic amines) is 1. The molecule has 0 aromatic heterocycles. The summed E-state index contributed by atoms with van der Waals surface area (Å²) in [5.41, 5.74) is 5.24. The Morgan fingerprint density at radius 3 is 1.54 bits per heavy atom. The second kappa shape index (κ2) is 28.1. The first-order valence-corrected chi connectivity index (χ1v) is 20.5. The molecule has 1 heterocycles. The number of carboxylic acid groups (broad SMARTS) is 4. The van der Waals surface area contributed by atoms with Gasteiger partial charge in [-0.2, -0.15) is 0 Å². The van der Waals surface area contributed by atoms with E-state index in [9.17, 15) is 82.8 Å². The summed E-state index contributed by atoms with van der Waals surface area (Å²) in [5, 5.41) is 62.8. The quantitative estimate of drug-likeness (QED) is 0.0299. The number of aliphatic hydroxyl groups is 1. The van der Waals surface area contributed by atoms with Gasteiger partial charge in [-0.15, -0.1) is 0 Å². The van der Waals surface area contributed by atoms with Crippen LogP contribution in [0, 0.1) is 5.92 Å². The average molecular weight is 930 g/mol.